The van der Waals surface area contributed by atoms with Gasteiger partial charge in [-0.1, -0.05) is 82.8 Å². The highest BCUT2D eigenvalue weighted by molar-refractivity contribution is 6.58. The maximum atomic E-state index is 13.7. The first-order chi connectivity index (χ1) is 15.1. The van der Waals surface area contributed by atoms with Crippen molar-refractivity contribution in [1.29, 1.82) is 5.26 Å². The van der Waals surface area contributed by atoms with Crippen LogP contribution < -0.4 is 0 Å². The van der Waals surface area contributed by atoms with Gasteiger partial charge in [0.1, 0.15) is 23.3 Å². The molecule has 1 nitrogen and oxygen atoms in total. The Morgan fingerprint density at radius 1 is 0.903 bits per heavy atom. The van der Waals surface area contributed by atoms with E-state index in [2.05, 4.69) is 6.92 Å². The lowest BCUT2D eigenvalue weighted by Crippen LogP contribution is -2.28. The molecule has 1 aromatic carbocycles. The van der Waals surface area contributed by atoms with Gasteiger partial charge < -0.3 is 0 Å². The monoisotopic (exact) mass is 445 g/mol. The third-order valence-electron chi connectivity index (χ3n) is 8.21. The molecular weight excluding hydrogens is 404 g/mol. The maximum Gasteiger partial charge on any atom is 0.144 e. The number of rotatable bonds is 10. The molecule has 0 atom stereocenters. The summed E-state index contributed by atoms with van der Waals surface area (Å²) in [5.74, 6) is 1.41. The fraction of sp³-hybridized carbons (Fsp3) is 0.741. The first kappa shape index (κ1) is 24.4. The van der Waals surface area contributed by atoms with Crippen LogP contribution in [0, 0.1) is 40.7 Å². The Morgan fingerprint density at radius 2 is 1.55 bits per heavy atom. The van der Waals surface area contributed by atoms with Crippen LogP contribution >= 0.6 is 0 Å². The van der Waals surface area contributed by atoms with Gasteiger partial charge in [-0.2, -0.15) is 5.26 Å². The van der Waals surface area contributed by atoms with Crippen LogP contribution in [-0.2, 0) is 6.42 Å². The highest BCUT2D eigenvalue weighted by atomic mass is 28.3. The van der Waals surface area contributed by atoms with Crippen LogP contribution in [0.5, 0.6) is 0 Å². The van der Waals surface area contributed by atoms with Gasteiger partial charge in [-0.15, -0.1) is 0 Å². The Morgan fingerprint density at radius 3 is 2.16 bits per heavy atom. The predicted molar refractivity (Wildman–Crippen MR) is 128 cm³/mol. The standard InChI is InChI=1S/C27H41F2NSi/c1-2-3-6-15-31-16-13-24(14-17-31)23-11-9-21(10-12-23)7-4-5-8-22-18-26(28)25(20-30)27(29)19-22/h18-19,21,23-24,31H,2-17H2,1H3. The normalized spacial score (nSPS) is 26.5. The second-order valence-electron chi connectivity index (χ2n) is 10.3. The average Bonchev–Trinajstić information content (AvgIpc) is 2.78. The first-order valence-electron chi connectivity index (χ1n) is 13.0. The van der Waals surface area contributed by atoms with E-state index in [9.17, 15) is 8.78 Å². The lowest BCUT2D eigenvalue weighted by atomic mass is 9.73. The molecule has 0 aromatic heterocycles. The van der Waals surface area contributed by atoms with Gasteiger partial charge in [0, 0.05) is 8.80 Å². The third-order valence-corrected chi connectivity index (χ3v) is 11.7. The first-order valence-corrected chi connectivity index (χ1v) is 15.4. The zero-order valence-electron chi connectivity index (χ0n) is 19.5. The smallest absolute Gasteiger partial charge is 0.144 e. The molecule has 0 radical (unpaired) electrons. The summed E-state index contributed by atoms with van der Waals surface area (Å²) in [7, 11) is -0.383. The second-order valence-corrected chi connectivity index (χ2v) is 13.8. The molecule has 1 aliphatic carbocycles. The maximum absolute atomic E-state index is 13.7. The molecule has 31 heavy (non-hydrogen) atoms. The van der Waals surface area contributed by atoms with Gasteiger partial charge in [0.2, 0.25) is 0 Å². The molecule has 1 aromatic rings. The Balaban J connectivity index is 1.29. The number of nitriles is 1. The molecule has 4 heteroatoms. The molecule has 0 N–H and O–H groups in total. The number of nitrogens with zero attached hydrogens (tertiary/aromatic N) is 1. The molecule has 2 aliphatic rings. The van der Waals surface area contributed by atoms with Crippen LogP contribution in [0.4, 0.5) is 8.78 Å². The van der Waals surface area contributed by atoms with E-state index in [0.717, 1.165) is 30.6 Å². The number of halogens is 2. The van der Waals surface area contributed by atoms with E-state index in [4.69, 9.17) is 5.26 Å². The van der Waals surface area contributed by atoms with Crippen molar-refractivity contribution in [2.24, 2.45) is 17.8 Å². The van der Waals surface area contributed by atoms with Crippen molar-refractivity contribution in [2.75, 3.05) is 0 Å². The van der Waals surface area contributed by atoms with Crippen molar-refractivity contribution in [3.63, 3.8) is 0 Å². The third kappa shape index (κ3) is 7.41. The summed E-state index contributed by atoms with van der Waals surface area (Å²) in [6.45, 7) is 2.31. The van der Waals surface area contributed by atoms with Gasteiger partial charge in [-0.25, -0.2) is 8.78 Å². The summed E-state index contributed by atoms with van der Waals surface area (Å²) in [4.78, 5) is 0. The van der Waals surface area contributed by atoms with E-state index in [0.29, 0.717) is 12.0 Å². The van der Waals surface area contributed by atoms with Gasteiger partial charge in [-0.05, 0) is 61.1 Å². The summed E-state index contributed by atoms with van der Waals surface area (Å²) >= 11 is 0. The molecule has 2 fully saturated rings. The lowest BCUT2D eigenvalue weighted by molar-refractivity contribution is 0.184. The van der Waals surface area contributed by atoms with Crippen molar-refractivity contribution in [2.45, 2.75) is 109 Å². The summed E-state index contributed by atoms with van der Waals surface area (Å²) in [5.41, 5.74) is 0.208. The number of hydrogen-bond acceptors (Lipinski definition) is 1. The number of unbranched alkanes of at least 4 members (excludes halogenated alkanes) is 3. The fourth-order valence-corrected chi connectivity index (χ4v) is 9.75. The van der Waals surface area contributed by atoms with Crippen LogP contribution in [0.15, 0.2) is 12.1 Å². The van der Waals surface area contributed by atoms with Gasteiger partial charge in [0.25, 0.3) is 0 Å². The Labute approximate surface area is 190 Å². The molecule has 0 bridgehead atoms. The minimum Gasteiger partial charge on any atom is -0.205 e. The van der Waals surface area contributed by atoms with Crippen LogP contribution in [0.2, 0.25) is 18.1 Å². The Hall–Kier alpha value is -1.21. The zero-order chi connectivity index (χ0) is 22.1. The fourth-order valence-electron chi connectivity index (χ4n) is 6.22. The predicted octanol–water partition coefficient (Wildman–Crippen LogP) is 8.18. The highest BCUT2D eigenvalue weighted by Gasteiger charge is 2.30. The minimum absolute atomic E-state index is 0.383. The molecule has 1 heterocycles. The topological polar surface area (TPSA) is 23.8 Å². The lowest BCUT2D eigenvalue weighted by Gasteiger charge is -2.37. The Bertz CT molecular complexity index is 689. The molecule has 1 aliphatic heterocycles. The van der Waals surface area contributed by atoms with Crippen LogP contribution in [-0.4, -0.2) is 8.80 Å². The minimum atomic E-state index is -0.728. The average molecular weight is 446 g/mol. The quantitative estimate of drug-likeness (QED) is 0.263. The van der Waals surface area contributed by atoms with Crippen molar-refractivity contribution < 1.29 is 8.78 Å². The molecular formula is C27H41F2NSi. The molecule has 1 saturated heterocycles. The van der Waals surface area contributed by atoms with E-state index in [1.807, 2.05) is 0 Å². The summed E-state index contributed by atoms with van der Waals surface area (Å²) in [6.07, 6.45) is 17.1. The summed E-state index contributed by atoms with van der Waals surface area (Å²) < 4.78 is 27.5. The zero-order valence-corrected chi connectivity index (χ0v) is 20.6. The largest absolute Gasteiger partial charge is 0.205 e. The van der Waals surface area contributed by atoms with Crippen molar-refractivity contribution >= 4 is 8.80 Å². The van der Waals surface area contributed by atoms with Crippen LogP contribution in [0.1, 0.15) is 95.1 Å². The molecule has 3 rings (SSSR count). The highest BCUT2D eigenvalue weighted by Crippen LogP contribution is 2.42. The van der Waals surface area contributed by atoms with Gasteiger partial charge in [0.15, 0.2) is 0 Å². The molecule has 0 spiro atoms. The van der Waals surface area contributed by atoms with Gasteiger partial charge >= 0.3 is 0 Å². The van der Waals surface area contributed by atoms with Crippen molar-refractivity contribution in [3.8, 4) is 6.07 Å². The molecule has 1 saturated carbocycles. The second kappa shape index (κ2) is 12.7. The van der Waals surface area contributed by atoms with E-state index < -0.39 is 17.2 Å². The molecule has 0 unspecified atom stereocenters. The number of aryl methyl sites for hydroxylation is 1. The number of hydrogen-bond donors (Lipinski definition) is 0. The molecule has 0 amide bonds. The van der Waals surface area contributed by atoms with E-state index in [1.54, 1.807) is 24.2 Å². The van der Waals surface area contributed by atoms with E-state index in [-0.39, 0.29) is 8.80 Å². The van der Waals surface area contributed by atoms with Crippen molar-refractivity contribution in [1.82, 2.24) is 0 Å². The number of benzene rings is 1. The van der Waals surface area contributed by atoms with Gasteiger partial charge in [-0.3, -0.25) is 0 Å². The van der Waals surface area contributed by atoms with Gasteiger partial charge in [0.05, 0.1) is 0 Å². The van der Waals surface area contributed by atoms with E-state index in [1.165, 1.54) is 76.3 Å². The summed E-state index contributed by atoms with van der Waals surface area (Å²) in [6, 6.07) is 9.09. The molecule has 172 valence electrons. The summed E-state index contributed by atoms with van der Waals surface area (Å²) in [5, 5.41) is 8.77. The van der Waals surface area contributed by atoms with Crippen molar-refractivity contribution in [3.05, 3.63) is 34.9 Å². The van der Waals surface area contributed by atoms with Crippen LogP contribution in [0.25, 0.3) is 0 Å². The Kier molecular flexibility index (Phi) is 10.0. The van der Waals surface area contributed by atoms with Crippen LogP contribution in [0.3, 0.4) is 0 Å². The van der Waals surface area contributed by atoms with E-state index >= 15 is 0 Å². The SMILES string of the molecule is CCCCC[SiH]1CCC(C2CCC(CCCCc3cc(F)c(C#N)c(F)c3)CC2)CC1.